The van der Waals surface area contributed by atoms with Crippen LogP contribution in [0.2, 0.25) is 0 Å². The maximum absolute atomic E-state index is 11.4. The van der Waals surface area contributed by atoms with Crippen molar-refractivity contribution in [3.8, 4) is 0 Å². The largest absolute Gasteiger partial charge is 0.396 e. The van der Waals surface area contributed by atoms with Crippen molar-refractivity contribution in [3.63, 3.8) is 0 Å². The van der Waals surface area contributed by atoms with Crippen LogP contribution in [0.15, 0.2) is 18.7 Å². The molecule has 0 bridgehead atoms. The van der Waals surface area contributed by atoms with E-state index in [1.807, 2.05) is 10.8 Å². The van der Waals surface area contributed by atoms with Crippen molar-refractivity contribution in [2.24, 2.45) is 0 Å². The van der Waals surface area contributed by atoms with Crippen molar-refractivity contribution in [3.05, 3.63) is 18.7 Å². The summed E-state index contributed by atoms with van der Waals surface area (Å²) in [5.41, 5.74) is 0. The molecule has 0 aliphatic carbocycles. The predicted molar refractivity (Wildman–Crippen MR) is 60.8 cm³/mol. The maximum atomic E-state index is 11.4. The van der Waals surface area contributed by atoms with Crippen molar-refractivity contribution in [2.45, 2.75) is 32.2 Å². The number of aryl methyl sites for hydroxylation is 1. The second-order valence-corrected chi connectivity index (χ2v) is 3.68. The van der Waals surface area contributed by atoms with Crippen LogP contribution in [-0.4, -0.2) is 33.7 Å². The van der Waals surface area contributed by atoms with E-state index in [4.69, 9.17) is 5.11 Å². The maximum Gasteiger partial charge on any atom is 0.221 e. The topological polar surface area (TPSA) is 67.2 Å². The molecule has 0 saturated carbocycles. The lowest BCUT2D eigenvalue weighted by Gasteiger charge is -2.05. The van der Waals surface area contributed by atoms with Crippen LogP contribution in [0.25, 0.3) is 0 Å². The van der Waals surface area contributed by atoms with Gasteiger partial charge < -0.3 is 15.0 Å². The number of imidazole rings is 1. The Bertz CT molecular complexity index is 285. The summed E-state index contributed by atoms with van der Waals surface area (Å²) in [7, 11) is 0. The van der Waals surface area contributed by atoms with E-state index in [0.29, 0.717) is 19.5 Å². The second kappa shape index (κ2) is 7.87. The number of nitrogens with zero attached hydrogens (tertiary/aromatic N) is 2. The van der Waals surface area contributed by atoms with Crippen LogP contribution in [0.5, 0.6) is 0 Å². The number of carbonyl (C=O) groups is 1. The Labute approximate surface area is 95.5 Å². The van der Waals surface area contributed by atoms with Gasteiger partial charge in [0.2, 0.25) is 5.91 Å². The first-order valence-electron chi connectivity index (χ1n) is 5.66. The van der Waals surface area contributed by atoms with Crippen LogP contribution in [0.4, 0.5) is 0 Å². The molecule has 0 radical (unpaired) electrons. The average molecular weight is 225 g/mol. The summed E-state index contributed by atoms with van der Waals surface area (Å²) >= 11 is 0. The van der Waals surface area contributed by atoms with Crippen molar-refractivity contribution in [2.75, 3.05) is 13.2 Å². The first kappa shape index (κ1) is 12.7. The fourth-order valence-electron chi connectivity index (χ4n) is 1.38. The van der Waals surface area contributed by atoms with Crippen molar-refractivity contribution in [1.82, 2.24) is 14.9 Å². The summed E-state index contributed by atoms with van der Waals surface area (Å²) in [6.07, 6.45) is 8.42. The van der Waals surface area contributed by atoms with E-state index < -0.39 is 0 Å². The number of nitrogens with one attached hydrogen (secondary N) is 1. The Morgan fingerprint density at radius 3 is 2.94 bits per heavy atom. The smallest absolute Gasteiger partial charge is 0.221 e. The van der Waals surface area contributed by atoms with E-state index in [9.17, 15) is 4.79 Å². The first-order chi connectivity index (χ1) is 7.83. The molecule has 1 heterocycles. The van der Waals surface area contributed by atoms with E-state index in [1.54, 1.807) is 12.5 Å². The van der Waals surface area contributed by atoms with Crippen LogP contribution in [0.3, 0.4) is 0 Å². The van der Waals surface area contributed by atoms with Gasteiger partial charge in [-0.15, -0.1) is 0 Å². The number of rotatable bonds is 8. The second-order valence-electron chi connectivity index (χ2n) is 3.68. The predicted octanol–water partition coefficient (Wildman–Crippen LogP) is 0.552. The van der Waals surface area contributed by atoms with E-state index in [-0.39, 0.29) is 12.5 Å². The SMILES string of the molecule is O=C(CCn1ccnc1)NCCCCCO. The summed E-state index contributed by atoms with van der Waals surface area (Å²) in [5.74, 6) is 0.0673. The fourth-order valence-corrected chi connectivity index (χ4v) is 1.38. The molecule has 1 aromatic heterocycles. The quantitative estimate of drug-likeness (QED) is 0.635. The van der Waals surface area contributed by atoms with Gasteiger partial charge in [-0.3, -0.25) is 4.79 Å². The highest BCUT2D eigenvalue weighted by molar-refractivity contribution is 5.75. The molecule has 0 unspecified atom stereocenters. The zero-order valence-corrected chi connectivity index (χ0v) is 9.43. The molecule has 0 fully saturated rings. The molecule has 0 saturated heterocycles. The van der Waals surface area contributed by atoms with Crippen LogP contribution in [-0.2, 0) is 11.3 Å². The summed E-state index contributed by atoms with van der Waals surface area (Å²) in [5, 5.41) is 11.4. The molecule has 0 aromatic carbocycles. The Balaban J connectivity index is 1.99. The Morgan fingerprint density at radius 2 is 2.25 bits per heavy atom. The monoisotopic (exact) mass is 225 g/mol. The molecule has 2 N–H and O–H groups in total. The van der Waals surface area contributed by atoms with Crippen molar-refractivity contribution >= 4 is 5.91 Å². The standard InChI is InChI=1S/C11H19N3O2/c15-9-3-1-2-5-13-11(16)4-7-14-8-6-12-10-14/h6,8,10,15H,1-5,7,9H2,(H,13,16). The number of hydrogen-bond donors (Lipinski definition) is 2. The highest BCUT2D eigenvalue weighted by atomic mass is 16.2. The lowest BCUT2D eigenvalue weighted by atomic mass is 10.2. The zero-order valence-electron chi connectivity index (χ0n) is 9.43. The third kappa shape index (κ3) is 5.50. The number of amides is 1. The molecule has 5 heteroatoms. The van der Waals surface area contributed by atoms with Gasteiger partial charge in [0.25, 0.3) is 0 Å². The Morgan fingerprint density at radius 1 is 1.38 bits per heavy atom. The molecule has 0 spiro atoms. The highest BCUT2D eigenvalue weighted by Gasteiger charge is 2.00. The highest BCUT2D eigenvalue weighted by Crippen LogP contribution is 1.93. The number of unbranched alkanes of at least 4 members (excludes halogenated alkanes) is 2. The Hall–Kier alpha value is -1.36. The normalized spacial score (nSPS) is 10.3. The summed E-state index contributed by atoms with van der Waals surface area (Å²) in [6.45, 7) is 1.60. The minimum absolute atomic E-state index is 0.0673. The van der Waals surface area contributed by atoms with Gasteiger partial charge in [0.15, 0.2) is 0 Å². The van der Waals surface area contributed by atoms with Gasteiger partial charge in [-0.25, -0.2) is 4.98 Å². The third-order valence-electron chi connectivity index (χ3n) is 2.31. The summed E-state index contributed by atoms with van der Waals surface area (Å²) in [4.78, 5) is 15.3. The average Bonchev–Trinajstić information content (AvgIpc) is 2.79. The zero-order chi connectivity index (χ0) is 11.6. The third-order valence-corrected chi connectivity index (χ3v) is 2.31. The molecule has 1 amide bonds. The molecule has 0 aliphatic rings. The van der Waals surface area contributed by atoms with Crippen LogP contribution in [0.1, 0.15) is 25.7 Å². The molecule has 5 nitrogen and oxygen atoms in total. The molecule has 0 atom stereocenters. The molecular weight excluding hydrogens is 206 g/mol. The number of carbonyl (C=O) groups excluding carboxylic acids is 1. The van der Waals surface area contributed by atoms with E-state index in [1.165, 1.54) is 0 Å². The van der Waals surface area contributed by atoms with Gasteiger partial charge in [0.05, 0.1) is 6.33 Å². The molecule has 90 valence electrons. The number of aromatic nitrogens is 2. The van der Waals surface area contributed by atoms with Crippen LogP contribution < -0.4 is 5.32 Å². The minimum atomic E-state index is 0.0673. The Kier molecular flexibility index (Phi) is 6.25. The van der Waals surface area contributed by atoms with Gasteiger partial charge in [-0.2, -0.15) is 0 Å². The van der Waals surface area contributed by atoms with Gasteiger partial charge in [-0.1, -0.05) is 0 Å². The van der Waals surface area contributed by atoms with E-state index >= 15 is 0 Å². The molecule has 1 aromatic rings. The van der Waals surface area contributed by atoms with Crippen LogP contribution in [0, 0.1) is 0 Å². The van der Waals surface area contributed by atoms with Gasteiger partial charge in [0, 0.05) is 38.5 Å². The minimum Gasteiger partial charge on any atom is -0.396 e. The van der Waals surface area contributed by atoms with Gasteiger partial charge >= 0.3 is 0 Å². The van der Waals surface area contributed by atoms with Gasteiger partial charge in [0.1, 0.15) is 0 Å². The van der Waals surface area contributed by atoms with E-state index in [2.05, 4.69) is 10.3 Å². The molecular formula is C11H19N3O2. The van der Waals surface area contributed by atoms with Crippen molar-refractivity contribution < 1.29 is 9.90 Å². The number of hydrogen-bond acceptors (Lipinski definition) is 3. The lowest BCUT2D eigenvalue weighted by molar-refractivity contribution is -0.121. The number of aliphatic hydroxyl groups is 1. The van der Waals surface area contributed by atoms with Crippen LogP contribution >= 0.6 is 0 Å². The molecule has 0 aliphatic heterocycles. The first-order valence-corrected chi connectivity index (χ1v) is 5.66. The molecule has 16 heavy (non-hydrogen) atoms. The van der Waals surface area contributed by atoms with E-state index in [0.717, 1.165) is 19.3 Å². The fraction of sp³-hybridized carbons (Fsp3) is 0.636. The lowest BCUT2D eigenvalue weighted by Crippen LogP contribution is -2.25. The summed E-state index contributed by atoms with van der Waals surface area (Å²) < 4.78 is 1.88. The number of aliphatic hydroxyl groups excluding tert-OH is 1. The molecule has 1 rings (SSSR count). The summed E-state index contributed by atoms with van der Waals surface area (Å²) in [6, 6.07) is 0. The van der Waals surface area contributed by atoms with Crippen molar-refractivity contribution in [1.29, 1.82) is 0 Å². The van der Waals surface area contributed by atoms with Gasteiger partial charge in [-0.05, 0) is 19.3 Å².